The molecule has 0 aliphatic rings. The van der Waals surface area contributed by atoms with Crippen molar-refractivity contribution < 1.29 is 0 Å². The van der Waals surface area contributed by atoms with Gasteiger partial charge in [-0.1, -0.05) is 265 Å². The molecule has 0 aliphatic heterocycles. The van der Waals surface area contributed by atoms with Crippen LogP contribution in [0.4, 0.5) is 0 Å². The van der Waals surface area contributed by atoms with Crippen LogP contribution in [0.25, 0.3) is 21.5 Å². The van der Waals surface area contributed by atoms with Crippen molar-refractivity contribution >= 4 is 21.5 Å². The first kappa shape index (κ1) is 104. The third-order valence-electron chi connectivity index (χ3n) is 9.44. The van der Waals surface area contributed by atoms with Crippen LogP contribution < -0.4 is 0 Å². The highest BCUT2D eigenvalue weighted by Gasteiger charge is 1.93. The van der Waals surface area contributed by atoms with E-state index in [-0.39, 0.29) is 0 Å². The Kier molecular flexibility index (Phi) is 92.2. The number of rotatable bonds is 0. The van der Waals surface area contributed by atoms with E-state index < -0.39 is 0 Å². The molecule has 18 nitrogen and oxygen atoms in total. The second-order valence-corrected chi connectivity index (χ2v) is 16.4. The Labute approximate surface area is 594 Å². The topological polar surface area (TPSA) is 232 Å². The number of nitrogens with zero attached hydrogens (tertiary/aromatic N) is 18. The molecule has 536 valence electrons. The molecular formula is C80H126N18. The molecule has 7 heterocycles. The summed E-state index contributed by atoms with van der Waals surface area (Å²) in [5.41, 5.74) is 9.00. The molecule has 0 amide bonds. The molecule has 12 aromatic rings. The van der Waals surface area contributed by atoms with Gasteiger partial charge in [0.25, 0.3) is 0 Å². The van der Waals surface area contributed by atoms with Gasteiger partial charge in [0.15, 0.2) is 0 Å². The number of aromatic nitrogens is 18. The van der Waals surface area contributed by atoms with E-state index >= 15 is 0 Å². The van der Waals surface area contributed by atoms with E-state index in [4.69, 9.17) is 0 Å². The minimum absolute atomic E-state index is 0.711. The van der Waals surface area contributed by atoms with Gasteiger partial charge in [-0.2, -0.15) is 25.5 Å². The van der Waals surface area contributed by atoms with Crippen LogP contribution >= 0.6 is 0 Å². The monoisotopic (exact) mass is 1340 g/mol. The highest BCUT2D eigenvalue weighted by atomic mass is 15.1. The number of hydrogen-bond acceptors (Lipinski definition) is 18. The van der Waals surface area contributed by atoms with Crippen LogP contribution in [0.3, 0.4) is 0 Å². The van der Waals surface area contributed by atoms with Gasteiger partial charge in [-0.3, -0.25) is 0 Å². The zero-order valence-corrected chi connectivity index (χ0v) is 65.8. The lowest BCUT2D eigenvalue weighted by Gasteiger charge is -1.98. The molecule has 0 saturated carbocycles. The summed E-state index contributed by atoms with van der Waals surface area (Å²) in [5.74, 6) is 1.47. The largest absolute Gasteiger partial charge is 0.245 e. The fourth-order valence-electron chi connectivity index (χ4n) is 5.54. The number of aryl methyl sites for hydroxylation is 10. The Morgan fingerprint density at radius 2 is 0.745 bits per heavy atom. The highest BCUT2D eigenvalue weighted by molar-refractivity contribution is 5.85. The summed E-state index contributed by atoms with van der Waals surface area (Å²) in [6, 6.07) is 43.8. The summed E-state index contributed by atoms with van der Waals surface area (Å²) in [7, 11) is 0. The SMILES string of the molecule is CC.CC.CC.CC.CC.CC.CC.CC.CC.CC.Cc1ccc2ccccc2c1.Cc1cccc2ccccc12.Cc1ccccc1.Cc1ccncn1.Cc1ccnnc1.Cc1cncnc1.Cc1cncnn1.Cc1cnncn1.Cc1nccnn1.Cc1ncncn1. The van der Waals surface area contributed by atoms with Crippen LogP contribution in [0.15, 0.2) is 221 Å². The van der Waals surface area contributed by atoms with Crippen molar-refractivity contribution in [2.75, 3.05) is 0 Å². The molecule has 0 saturated heterocycles. The lowest BCUT2D eigenvalue weighted by Crippen LogP contribution is -1.85. The van der Waals surface area contributed by atoms with Gasteiger partial charge in [0.1, 0.15) is 49.6 Å². The molecular weight excluding hydrogens is 1210 g/mol. The fourth-order valence-corrected chi connectivity index (χ4v) is 5.54. The summed E-state index contributed by atoms with van der Waals surface area (Å²) >= 11 is 0. The molecule has 0 spiro atoms. The van der Waals surface area contributed by atoms with Crippen molar-refractivity contribution in [1.82, 2.24) is 90.6 Å². The second-order valence-electron chi connectivity index (χ2n) is 16.4. The van der Waals surface area contributed by atoms with Gasteiger partial charge in [0.05, 0.1) is 36.2 Å². The Morgan fingerprint density at radius 3 is 1.08 bits per heavy atom. The average molecular weight is 1340 g/mol. The molecule has 0 N–H and O–H groups in total. The van der Waals surface area contributed by atoms with Gasteiger partial charge in [-0.15, -0.1) is 15.3 Å². The standard InChI is InChI=1S/2C11H10.C7H8.3C5H6N2.4C4H5N3.10C2H6/c1-9-5-4-7-10-6-2-3-8-11(9)10;1-9-6-7-10-4-2-3-5-11(10)8-9;1-7-5-3-2-4-6-7;1-5-2-6-4-7-3-5;1-5-2-3-6-4-7-5;1-5-2-3-6-7-4-5;1-4-6-2-5-3-7-4;1-4-2-6-7-3-5-4;1-4-2-5-3-6-7-4;1-4-5-2-3-6-7-4;10*1-2/h2*2-8H,1H3;2-6H,1H3;3*2-4H,1H3;4*2-3H,1H3;10*1-2H3. The Bertz CT molecular complexity index is 2870. The molecule has 5 aromatic carbocycles. The van der Waals surface area contributed by atoms with Crippen LogP contribution in [-0.4, -0.2) is 90.6 Å². The van der Waals surface area contributed by atoms with E-state index in [1.807, 2.05) is 210 Å². The summed E-state index contributed by atoms with van der Waals surface area (Å²) in [5, 5.41) is 34.0. The smallest absolute Gasteiger partial charge is 0.147 e. The van der Waals surface area contributed by atoms with E-state index in [1.54, 1.807) is 62.7 Å². The lowest BCUT2D eigenvalue weighted by molar-refractivity contribution is 0.907. The van der Waals surface area contributed by atoms with Gasteiger partial charge in [-0.05, 0) is 120 Å². The maximum atomic E-state index is 3.87. The van der Waals surface area contributed by atoms with Gasteiger partial charge < -0.3 is 0 Å². The third-order valence-corrected chi connectivity index (χ3v) is 9.44. The normalized spacial score (nSPS) is 7.90. The number of hydrogen-bond donors (Lipinski definition) is 0. The van der Waals surface area contributed by atoms with Gasteiger partial charge in [0.2, 0.25) is 0 Å². The van der Waals surface area contributed by atoms with Gasteiger partial charge in [-0.25, -0.2) is 49.8 Å². The van der Waals surface area contributed by atoms with Crippen molar-refractivity contribution in [3.63, 3.8) is 0 Å². The van der Waals surface area contributed by atoms with Gasteiger partial charge in [0, 0.05) is 36.7 Å². The van der Waals surface area contributed by atoms with Crippen molar-refractivity contribution in [3.05, 3.63) is 278 Å². The van der Waals surface area contributed by atoms with E-state index in [9.17, 15) is 0 Å². The maximum Gasteiger partial charge on any atom is 0.147 e. The summed E-state index contributed by atoms with van der Waals surface area (Å²) in [6.07, 6.45) is 23.9. The summed E-state index contributed by atoms with van der Waals surface area (Å²) in [4.78, 5) is 37.6. The van der Waals surface area contributed by atoms with E-state index in [2.05, 4.69) is 208 Å². The second kappa shape index (κ2) is 86.9. The summed E-state index contributed by atoms with van der Waals surface area (Å²) in [6.45, 7) is 59.6. The molecule has 0 aliphatic carbocycles. The lowest BCUT2D eigenvalue weighted by atomic mass is 10.1. The van der Waals surface area contributed by atoms with Crippen LogP contribution in [0, 0.1) is 69.2 Å². The molecule has 18 heteroatoms. The summed E-state index contributed by atoms with van der Waals surface area (Å²) < 4.78 is 0. The minimum atomic E-state index is 0.711. The first-order valence-electron chi connectivity index (χ1n) is 34.4. The third kappa shape index (κ3) is 68.8. The molecule has 7 aromatic heterocycles. The minimum Gasteiger partial charge on any atom is -0.245 e. The van der Waals surface area contributed by atoms with E-state index in [1.165, 1.54) is 76.2 Å². The van der Waals surface area contributed by atoms with Crippen molar-refractivity contribution in [1.29, 1.82) is 0 Å². The molecule has 0 fully saturated rings. The maximum absolute atomic E-state index is 3.87. The van der Waals surface area contributed by atoms with Crippen LogP contribution in [0.5, 0.6) is 0 Å². The van der Waals surface area contributed by atoms with E-state index in [0.29, 0.717) is 5.82 Å². The Hall–Kier alpha value is -10.1. The first-order chi connectivity index (χ1) is 47.9. The first-order valence-corrected chi connectivity index (χ1v) is 34.4. The molecule has 0 atom stereocenters. The molecule has 0 unspecified atom stereocenters. The van der Waals surface area contributed by atoms with Crippen LogP contribution in [0.2, 0.25) is 0 Å². The average Bonchev–Trinajstić information content (AvgIpc) is 0.883. The molecule has 98 heavy (non-hydrogen) atoms. The van der Waals surface area contributed by atoms with E-state index in [0.717, 1.165) is 34.0 Å². The fraction of sp³-hybridized carbons (Fsp3) is 0.375. The predicted molar refractivity (Wildman–Crippen MR) is 421 cm³/mol. The van der Waals surface area contributed by atoms with Crippen molar-refractivity contribution in [3.8, 4) is 0 Å². The van der Waals surface area contributed by atoms with Crippen molar-refractivity contribution in [2.24, 2.45) is 0 Å². The van der Waals surface area contributed by atoms with Crippen LogP contribution in [-0.2, 0) is 0 Å². The predicted octanol–water partition coefficient (Wildman–Crippen LogP) is 21.6. The molecule has 12 rings (SSSR count). The number of fused-ring (bicyclic) bond motifs is 2. The molecule has 0 radical (unpaired) electrons. The molecule has 0 bridgehead atoms. The van der Waals surface area contributed by atoms with Crippen LogP contribution in [0.1, 0.15) is 195 Å². The Balaban J connectivity index is -0.000000149. The number of benzene rings is 5. The zero-order chi connectivity index (χ0) is 76.3. The Morgan fingerprint density at radius 1 is 0.224 bits per heavy atom. The quantitative estimate of drug-likeness (QED) is 0.137. The van der Waals surface area contributed by atoms with Crippen molar-refractivity contribution in [2.45, 2.75) is 208 Å². The van der Waals surface area contributed by atoms with Gasteiger partial charge >= 0.3 is 0 Å². The zero-order valence-electron chi connectivity index (χ0n) is 65.8. The highest BCUT2D eigenvalue weighted by Crippen LogP contribution is 2.17.